The lowest BCUT2D eigenvalue weighted by molar-refractivity contribution is -0.137. The molecule has 0 aliphatic carbocycles. The number of hydrogen-bond donors (Lipinski definition) is 2. The molecule has 1 atom stereocenters. The zero-order valence-electron chi connectivity index (χ0n) is 12.7. The summed E-state index contributed by atoms with van der Waals surface area (Å²) in [4.78, 5) is 37.9. The molecule has 1 unspecified atom stereocenters. The van der Waals surface area contributed by atoms with E-state index in [1.807, 2.05) is 13.8 Å². The monoisotopic (exact) mass is 301 g/mol. The summed E-state index contributed by atoms with van der Waals surface area (Å²) in [6.45, 7) is 5.96. The molecule has 120 valence electrons. The van der Waals surface area contributed by atoms with E-state index in [0.717, 1.165) is 0 Å². The van der Waals surface area contributed by atoms with Crippen molar-refractivity contribution in [2.24, 2.45) is 0 Å². The molecule has 0 radical (unpaired) electrons. The van der Waals surface area contributed by atoms with Gasteiger partial charge < -0.3 is 25.0 Å². The van der Waals surface area contributed by atoms with Gasteiger partial charge in [0.05, 0.1) is 13.2 Å². The number of carbonyl (C=O) groups is 3. The minimum Gasteiger partial charge on any atom is -0.480 e. The van der Waals surface area contributed by atoms with Crippen molar-refractivity contribution < 1.29 is 24.2 Å². The first-order valence-electron chi connectivity index (χ1n) is 7.02. The summed E-state index contributed by atoms with van der Waals surface area (Å²) in [5.74, 6) is -1.37. The van der Waals surface area contributed by atoms with Gasteiger partial charge in [-0.3, -0.25) is 9.59 Å². The van der Waals surface area contributed by atoms with Crippen molar-refractivity contribution in [1.82, 2.24) is 15.1 Å². The Kier molecular flexibility index (Phi) is 6.41. The molecule has 3 amide bonds. The second-order valence-electron chi connectivity index (χ2n) is 5.14. The van der Waals surface area contributed by atoms with Crippen molar-refractivity contribution in [3.63, 3.8) is 0 Å². The van der Waals surface area contributed by atoms with E-state index in [4.69, 9.17) is 9.84 Å². The van der Waals surface area contributed by atoms with Gasteiger partial charge in [-0.1, -0.05) is 0 Å². The highest BCUT2D eigenvalue weighted by Crippen LogP contribution is 2.11. The van der Waals surface area contributed by atoms with Crippen molar-refractivity contribution in [3.05, 3.63) is 0 Å². The minimum atomic E-state index is -1.08. The molecular weight excluding hydrogens is 278 g/mol. The standard InChI is InChI=1S/C13H23N3O5/c1-4-15(7-11(17)18)13(20)16-5-6-21-8-10(16)12(19)14-9(2)3/h9-10H,4-8H2,1-3H3,(H,14,19)(H,17,18). The number of carboxylic acid groups (broad SMARTS) is 1. The molecule has 1 rings (SSSR count). The highest BCUT2D eigenvalue weighted by atomic mass is 16.5. The predicted octanol–water partition coefficient (Wildman–Crippen LogP) is -0.262. The van der Waals surface area contributed by atoms with Crippen molar-refractivity contribution in [2.45, 2.75) is 32.9 Å². The van der Waals surface area contributed by atoms with E-state index < -0.39 is 18.0 Å². The Morgan fingerprint density at radius 3 is 2.62 bits per heavy atom. The number of carboxylic acids is 1. The number of hydrogen-bond acceptors (Lipinski definition) is 4. The Labute approximate surface area is 124 Å². The third-order valence-electron chi connectivity index (χ3n) is 3.09. The largest absolute Gasteiger partial charge is 0.480 e. The third kappa shape index (κ3) is 4.89. The van der Waals surface area contributed by atoms with Crippen molar-refractivity contribution in [3.8, 4) is 0 Å². The van der Waals surface area contributed by atoms with Crippen LogP contribution in [0, 0.1) is 0 Å². The molecule has 8 nitrogen and oxygen atoms in total. The number of amides is 3. The van der Waals surface area contributed by atoms with Crippen molar-refractivity contribution >= 4 is 17.9 Å². The van der Waals surface area contributed by atoms with Crippen LogP contribution in [0.5, 0.6) is 0 Å². The maximum atomic E-state index is 12.4. The van der Waals surface area contributed by atoms with Gasteiger partial charge in [0.15, 0.2) is 0 Å². The van der Waals surface area contributed by atoms with E-state index in [9.17, 15) is 14.4 Å². The van der Waals surface area contributed by atoms with Crippen LogP contribution in [0.2, 0.25) is 0 Å². The number of nitrogens with one attached hydrogen (secondary N) is 1. The van der Waals surface area contributed by atoms with Gasteiger partial charge in [0, 0.05) is 19.1 Å². The fourth-order valence-corrected chi connectivity index (χ4v) is 2.09. The number of ether oxygens (including phenoxy) is 1. The Morgan fingerprint density at radius 2 is 2.10 bits per heavy atom. The summed E-state index contributed by atoms with van der Waals surface area (Å²) < 4.78 is 5.27. The van der Waals surface area contributed by atoms with Crippen LogP contribution in [-0.2, 0) is 14.3 Å². The molecule has 0 aromatic rings. The van der Waals surface area contributed by atoms with Gasteiger partial charge in [-0.2, -0.15) is 0 Å². The molecule has 1 heterocycles. The van der Waals surface area contributed by atoms with Crippen LogP contribution >= 0.6 is 0 Å². The fraction of sp³-hybridized carbons (Fsp3) is 0.769. The van der Waals surface area contributed by atoms with E-state index in [-0.39, 0.29) is 38.2 Å². The summed E-state index contributed by atoms with van der Waals surface area (Å²) in [6, 6.07) is -1.22. The molecule has 0 bridgehead atoms. The van der Waals surface area contributed by atoms with Gasteiger partial charge in [-0.05, 0) is 20.8 Å². The molecule has 0 aromatic heterocycles. The van der Waals surface area contributed by atoms with E-state index in [1.165, 1.54) is 9.80 Å². The lowest BCUT2D eigenvalue weighted by Gasteiger charge is -2.37. The van der Waals surface area contributed by atoms with E-state index in [0.29, 0.717) is 6.61 Å². The SMILES string of the molecule is CCN(CC(=O)O)C(=O)N1CCOCC1C(=O)NC(C)C. The molecule has 0 saturated carbocycles. The maximum Gasteiger partial charge on any atom is 0.323 e. The van der Waals surface area contributed by atoms with Gasteiger partial charge >= 0.3 is 12.0 Å². The topological polar surface area (TPSA) is 99.2 Å². The van der Waals surface area contributed by atoms with Gasteiger partial charge in [-0.25, -0.2) is 4.79 Å². The predicted molar refractivity (Wildman–Crippen MR) is 74.9 cm³/mol. The number of nitrogens with zero attached hydrogens (tertiary/aromatic N) is 2. The van der Waals surface area contributed by atoms with E-state index in [2.05, 4.69) is 5.32 Å². The molecule has 2 N–H and O–H groups in total. The second-order valence-corrected chi connectivity index (χ2v) is 5.14. The third-order valence-corrected chi connectivity index (χ3v) is 3.09. The van der Waals surface area contributed by atoms with Gasteiger partial charge in [0.1, 0.15) is 12.6 Å². The first-order valence-corrected chi connectivity index (χ1v) is 7.02. The lowest BCUT2D eigenvalue weighted by atomic mass is 10.2. The number of aliphatic carboxylic acids is 1. The first-order chi connectivity index (χ1) is 9.86. The summed E-state index contributed by atoms with van der Waals surface area (Å²) in [5, 5.41) is 11.6. The minimum absolute atomic E-state index is 0.0438. The smallest absolute Gasteiger partial charge is 0.323 e. The van der Waals surface area contributed by atoms with Crippen LogP contribution in [0.4, 0.5) is 4.79 Å². The van der Waals surface area contributed by atoms with Crippen molar-refractivity contribution in [1.29, 1.82) is 0 Å². The van der Waals surface area contributed by atoms with E-state index >= 15 is 0 Å². The normalized spacial score (nSPS) is 18.5. The second kappa shape index (κ2) is 7.82. The molecule has 21 heavy (non-hydrogen) atoms. The molecule has 0 spiro atoms. The number of carbonyl (C=O) groups excluding carboxylic acids is 2. The van der Waals surface area contributed by atoms with Crippen LogP contribution in [0.3, 0.4) is 0 Å². The molecule has 0 aromatic carbocycles. The van der Waals surface area contributed by atoms with Gasteiger partial charge in [0.2, 0.25) is 5.91 Å². The van der Waals surface area contributed by atoms with Crippen LogP contribution in [0.1, 0.15) is 20.8 Å². The molecule has 1 fully saturated rings. The maximum absolute atomic E-state index is 12.4. The number of rotatable bonds is 5. The molecule has 1 saturated heterocycles. The fourth-order valence-electron chi connectivity index (χ4n) is 2.09. The molecule has 1 aliphatic rings. The highest BCUT2D eigenvalue weighted by Gasteiger charge is 2.35. The molecule has 8 heteroatoms. The summed E-state index contributed by atoms with van der Waals surface area (Å²) in [5.41, 5.74) is 0. The number of urea groups is 1. The summed E-state index contributed by atoms with van der Waals surface area (Å²) in [6.07, 6.45) is 0. The summed E-state index contributed by atoms with van der Waals surface area (Å²) in [7, 11) is 0. The number of likely N-dealkylation sites (N-methyl/N-ethyl adjacent to an activating group) is 1. The quantitative estimate of drug-likeness (QED) is 0.729. The highest BCUT2D eigenvalue weighted by molar-refractivity contribution is 5.88. The Balaban J connectivity index is 2.81. The Bertz CT molecular complexity index is 399. The molecule has 1 aliphatic heterocycles. The van der Waals surface area contributed by atoms with Crippen LogP contribution in [0.15, 0.2) is 0 Å². The molecular formula is C13H23N3O5. The number of morpholine rings is 1. The zero-order chi connectivity index (χ0) is 16.0. The Morgan fingerprint density at radius 1 is 1.43 bits per heavy atom. The van der Waals surface area contributed by atoms with Crippen LogP contribution in [0.25, 0.3) is 0 Å². The average Bonchev–Trinajstić information content (AvgIpc) is 2.43. The summed E-state index contributed by atoms with van der Waals surface area (Å²) >= 11 is 0. The van der Waals surface area contributed by atoms with Crippen molar-refractivity contribution in [2.75, 3.05) is 32.8 Å². The Hall–Kier alpha value is -1.83. The lowest BCUT2D eigenvalue weighted by Crippen LogP contribution is -2.59. The van der Waals surface area contributed by atoms with Crippen LogP contribution < -0.4 is 5.32 Å². The van der Waals surface area contributed by atoms with Crippen LogP contribution in [-0.4, -0.2) is 77.7 Å². The first kappa shape index (κ1) is 17.2. The average molecular weight is 301 g/mol. The zero-order valence-corrected chi connectivity index (χ0v) is 12.7. The van der Waals surface area contributed by atoms with E-state index in [1.54, 1.807) is 6.92 Å². The van der Waals surface area contributed by atoms with Gasteiger partial charge in [-0.15, -0.1) is 0 Å². The van der Waals surface area contributed by atoms with Gasteiger partial charge in [0.25, 0.3) is 0 Å².